The second-order valence-corrected chi connectivity index (χ2v) is 5.67. The highest BCUT2D eigenvalue weighted by molar-refractivity contribution is 6.31. The summed E-state index contributed by atoms with van der Waals surface area (Å²) in [7, 11) is 0. The lowest BCUT2D eigenvalue weighted by molar-refractivity contribution is 0.464. The molecule has 0 saturated carbocycles. The normalized spacial score (nSPS) is 11.0. The molecule has 0 atom stereocenters. The van der Waals surface area contributed by atoms with Crippen molar-refractivity contribution < 1.29 is 9.13 Å². The van der Waals surface area contributed by atoms with Crippen LogP contribution in [0.5, 0.6) is 11.5 Å². The van der Waals surface area contributed by atoms with Crippen LogP contribution >= 0.6 is 11.6 Å². The van der Waals surface area contributed by atoms with Crippen LogP contribution in [0.1, 0.15) is 25.0 Å². The quantitative estimate of drug-likeness (QED) is 0.832. The van der Waals surface area contributed by atoms with E-state index in [1.807, 2.05) is 25.1 Å². The first-order valence-electron chi connectivity index (χ1n) is 6.92. The van der Waals surface area contributed by atoms with E-state index in [1.54, 1.807) is 6.07 Å². The van der Waals surface area contributed by atoms with Crippen molar-refractivity contribution in [1.82, 2.24) is 5.32 Å². The van der Waals surface area contributed by atoms with Crippen molar-refractivity contribution in [2.75, 3.05) is 0 Å². The van der Waals surface area contributed by atoms with Crippen LogP contribution in [0.3, 0.4) is 0 Å². The third kappa shape index (κ3) is 4.19. The predicted octanol–water partition coefficient (Wildman–Crippen LogP) is 5.08. The van der Waals surface area contributed by atoms with E-state index in [9.17, 15) is 4.39 Å². The minimum atomic E-state index is -0.271. The predicted molar refractivity (Wildman–Crippen MR) is 84.6 cm³/mol. The number of hydrogen-bond acceptors (Lipinski definition) is 2. The molecule has 0 fully saturated rings. The average Bonchev–Trinajstić information content (AvgIpc) is 2.41. The zero-order valence-corrected chi connectivity index (χ0v) is 13.2. The van der Waals surface area contributed by atoms with Crippen molar-refractivity contribution in [1.29, 1.82) is 0 Å². The summed E-state index contributed by atoms with van der Waals surface area (Å²) in [4.78, 5) is 0. The van der Waals surface area contributed by atoms with Gasteiger partial charge in [0.05, 0.1) is 0 Å². The highest BCUT2D eigenvalue weighted by Crippen LogP contribution is 2.32. The molecule has 0 amide bonds. The average molecular weight is 308 g/mol. The molecule has 0 spiro atoms. The minimum absolute atomic E-state index is 0.271. The molecule has 2 aromatic rings. The third-order valence-corrected chi connectivity index (χ3v) is 3.47. The summed E-state index contributed by atoms with van der Waals surface area (Å²) in [5.41, 5.74) is 1.65. The van der Waals surface area contributed by atoms with Gasteiger partial charge in [0.25, 0.3) is 0 Å². The van der Waals surface area contributed by atoms with Crippen LogP contribution in [-0.2, 0) is 6.54 Å². The van der Waals surface area contributed by atoms with Crippen molar-refractivity contribution >= 4 is 11.6 Å². The molecule has 2 aromatic carbocycles. The van der Waals surface area contributed by atoms with Gasteiger partial charge in [0.2, 0.25) is 0 Å². The molecular formula is C17H19ClFNO. The molecule has 2 rings (SSSR count). The molecule has 112 valence electrons. The van der Waals surface area contributed by atoms with E-state index in [0.717, 1.165) is 11.1 Å². The van der Waals surface area contributed by atoms with Crippen LogP contribution in [0.4, 0.5) is 4.39 Å². The number of rotatable bonds is 5. The monoisotopic (exact) mass is 307 g/mol. The maximum atomic E-state index is 13.2. The van der Waals surface area contributed by atoms with Crippen LogP contribution in [-0.4, -0.2) is 6.04 Å². The van der Waals surface area contributed by atoms with E-state index < -0.39 is 0 Å². The van der Waals surface area contributed by atoms with Gasteiger partial charge in [-0.05, 0) is 42.8 Å². The maximum absolute atomic E-state index is 13.2. The van der Waals surface area contributed by atoms with Gasteiger partial charge in [0.1, 0.15) is 17.3 Å². The van der Waals surface area contributed by atoms with E-state index in [0.29, 0.717) is 29.1 Å². The molecule has 21 heavy (non-hydrogen) atoms. The van der Waals surface area contributed by atoms with Gasteiger partial charge in [0, 0.05) is 23.2 Å². The smallest absolute Gasteiger partial charge is 0.133 e. The minimum Gasteiger partial charge on any atom is -0.457 e. The fourth-order valence-corrected chi connectivity index (χ4v) is 2.19. The van der Waals surface area contributed by atoms with E-state index in [-0.39, 0.29) is 5.82 Å². The number of benzene rings is 2. The molecule has 0 aliphatic carbocycles. The number of halogens is 2. The largest absolute Gasteiger partial charge is 0.457 e. The fourth-order valence-electron chi connectivity index (χ4n) is 1.96. The molecule has 0 bridgehead atoms. The molecule has 4 heteroatoms. The summed E-state index contributed by atoms with van der Waals surface area (Å²) in [6.45, 7) is 6.57. The van der Waals surface area contributed by atoms with Gasteiger partial charge >= 0.3 is 0 Å². The molecule has 2 nitrogen and oxygen atoms in total. The van der Waals surface area contributed by atoms with E-state index in [2.05, 4.69) is 19.2 Å². The van der Waals surface area contributed by atoms with Crippen molar-refractivity contribution in [2.45, 2.75) is 33.4 Å². The van der Waals surface area contributed by atoms with Crippen molar-refractivity contribution in [3.05, 3.63) is 58.4 Å². The number of hydrogen-bond donors (Lipinski definition) is 1. The Morgan fingerprint density at radius 2 is 1.95 bits per heavy atom. The summed E-state index contributed by atoms with van der Waals surface area (Å²) >= 11 is 6.26. The lowest BCUT2D eigenvalue weighted by Gasteiger charge is -2.16. The molecule has 0 aliphatic heterocycles. The van der Waals surface area contributed by atoms with Crippen molar-refractivity contribution in [3.8, 4) is 11.5 Å². The Labute approximate surface area is 129 Å². The SMILES string of the molecule is Cc1cc(F)ccc1Oc1cccc(Cl)c1CNC(C)C. The standard InChI is InChI=1S/C17H19ClFNO/c1-11(2)20-10-14-15(18)5-4-6-17(14)21-16-8-7-13(19)9-12(16)3/h4-9,11,20H,10H2,1-3H3. The van der Waals surface area contributed by atoms with E-state index in [1.165, 1.54) is 12.1 Å². The zero-order valence-electron chi connectivity index (χ0n) is 12.4. The number of nitrogens with one attached hydrogen (secondary N) is 1. The molecule has 0 unspecified atom stereocenters. The van der Waals surface area contributed by atoms with E-state index >= 15 is 0 Å². The van der Waals surface area contributed by atoms with Gasteiger partial charge in [0.15, 0.2) is 0 Å². The molecule has 0 aliphatic rings. The fraction of sp³-hybridized carbons (Fsp3) is 0.294. The van der Waals surface area contributed by atoms with Crippen molar-refractivity contribution in [3.63, 3.8) is 0 Å². The Balaban J connectivity index is 2.28. The second kappa shape index (κ2) is 6.92. The topological polar surface area (TPSA) is 21.3 Å². The van der Waals surface area contributed by atoms with Gasteiger partial charge in [-0.25, -0.2) is 4.39 Å². The van der Waals surface area contributed by atoms with Crippen LogP contribution < -0.4 is 10.1 Å². The number of ether oxygens (including phenoxy) is 1. The van der Waals surface area contributed by atoms with Crippen LogP contribution in [0, 0.1) is 12.7 Å². The Morgan fingerprint density at radius 1 is 1.19 bits per heavy atom. The Kier molecular flexibility index (Phi) is 5.21. The summed E-state index contributed by atoms with van der Waals surface area (Å²) in [6.07, 6.45) is 0. The Hall–Kier alpha value is -1.58. The second-order valence-electron chi connectivity index (χ2n) is 5.26. The summed E-state index contributed by atoms with van der Waals surface area (Å²) in [5, 5.41) is 3.98. The molecule has 0 heterocycles. The van der Waals surface area contributed by atoms with Gasteiger partial charge < -0.3 is 10.1 Å². The molecule has 0 saturated heterocycles. The van der Waals surface area contributed by atoms with Gasteiger partial charge in [-0.15, -0.1) is 0 Å². The van der Waals surface area contributed by atoms with Crippen LogP contribution in [0.25, 0.3) is 0 Å². The summed E-state index contributed by atoms with van der Waals surface area (Å²) < 4.78 is 19.1. The summed E-state index contributed by atoms with van der Waals surface area (Å²) in [5.74, 6) is 1.04. The Morgan fingerprint density at radius 3 is 2.62 bits per heavy atom. The lowest BCUT2D eigenvalue weighted by Crippen LogP contribution is -2.22. The highest BCUT2D eigenvalue weighted by atomic mass is 35.5. The summed E-state index contributed by atoms with van der Waals surface area (Å²) in [6, 6.07) is 10.4. The van der Waals surface area contributed by atoms with Crippen molar-refractivity contribution in [2.24, 2.45) is 0 Å². The van der Waals surface area contributed by atoms with Gasteiger partial charge in [-0.3, -0.25) is 0 Å². The highest BCUT2D eigenvalue weighted by Gasteiger charge is 2.11. The molecule has 0 radical (unpaired) electrons. The van der Waals surface area contributed by atoms with Crippen LogP contribution in [0.15, 0.2) is 36.4 Å². The Bertz CT molecular complexity index is 628. The first kappa shape index (κ1) is 15.8. The van der Waals surface area contributed by atoms with Crippen LogP contribution in [0.2, 0.25) is 5.02 Å². The third-order valence-electron chi connectivity index (χ3n) is 3.12. The van der Waals surface area contributed by atoms with E-state index in [4.69, 9.17) is 16.3 Å². The lowest BCUT2D eigenvalue weighted by atomic mass is 10.1. The zero-order chi connectivity index (χ0) is 15.4. The molecule has 1 N–H and O–H groups in total. The first-order valence-corrected chi connectivity index (χ1v) is 7.30. The van der Waals surface area contributed by atoms with Gasteiger partial charge in [-0.2, -0.15) is 0 Å². The first-order chi connectivity index (χ1) is 9.97. The van der Waals surface area contributed by atoms with Gasteiger partial charge in [-0.1, -0.05) is 31.5 Å². The maximum Gasteiger partial charge on any atom is 0.133 e. The molecular weight excluding hydrogens is 289 g/mol. The molecule has 0 aromatic heterocycles. The number of aryl methyl sites for hydroxylation is 1.